The second-order valence-electron chi connectivity index (χ2n) is 6.17. The smallest absolute Gasteiger partial charge is 0.255 e. The van der Waals surface area contributed by atoms with Crippen molar-refractivity contribution < 1.29 is 9.53 Å². The fourth-order valence-electron chi connectivity index (χ4n) is 2.47. The van der Waals surface area contributed by atoms with Gasteiger partial charge in [0.15, 0.2) is 0 Å². The van der Waals surface area contributed by atoms with Crippen LogP contribution in [0.3, 0.4) is 0 Å². The first-order valence-corrected chi connectivity index (χ1v) is 8.73. The summed E-state index contributed by atoms with van der Waals surface area (Å²) in [6, 6.07) is 14.5. The van der Waals surface area contributed by atoms with Crippen LogP contribution in [0.1, 0.15) is 29.8 Å². The molecule has 3 rings (SSSR count). The van der Waals surface area contributed by atoms with E-state index in [4.69, 9.17) is 16.3 Å². The third-order valence-electron chi connectivity index (χ3n) is 3.67. The molecule has 0 saturated heterocycles. The van der Waals surface area contributed by atoms with Crippen molar-refractivity contribution in [1.29, 1.82) is 0 Å². The van der Waals surface area contributed by atoms with Crippen molar-refractivity contribution in [2.45, 2.75) is 26.5 Å². The molecule has 0 unspecified atom stereocenters. The Bertz CT molecular complexity index is 875. The summed E-state index contributed by atoms with van der Waals surface area (Å²) in [6.07, 6.45) is 3.68. The molecular weight excluding hydrogens is 350 g/mol. The van der Waals surface area contributed by atoms with Gasteiger partial charge in [-0.25, -0.2) is 0 Å². The van der Waals surface area contributed by atoms with Gasteiger partial charge in [-0.05, 0) is 55.8 Å². The molecule has 0 fully saturated rings. The van der Waals surface area contributed by atoms with Crippen LogP contribution in [-0.4, -0.2) is 21.8 Å². The maximum atomic E-state index is 12.4. The molecular formula is C20H20ClN3O2. The van der Waals surface area contributed by atoms with E-state index in [0.717, 1.165) is 5.56 Å². The molecule has 0 atom stereocenters. The molecule has 0 saturated carbocycles. The Kier molecular flexibility index (Phi) is 5.58. The van der Waals surface area contributed by atoms with Gasteiger partial charge < -0.3 is 10.1 Å². The van der Waals surface area contributed by atoms with Gasteiger partial charge >= 0.3 is 0 Å². The molecule has 0 spiro atoms. The predicted molar refractivity (Wildman–Crippen MR) is 103 cm³/mol. The van der Waals surface area contributed by atoms with Crippen molar-refractivity contribution in [1.82, 2.24) is 9.78 Å². The van der Waals surface area contributed by atoms with Crippen LogP contribution in [0.4, 0.5) is 5.69 Å². The Labute approximate surface area is 157 Å². The molecule has 1 amide bonds. The lowest BCUT2D eigenvalue weighted by Gasteiger charge is -2.13. The minimum absolute atomic E-state index is 0.0354. The minimum Gasteiger partial charge on any atom is -0.489 e. The lowest BCUT2D eigenvalue weighted by atomic mass is 10.1. The lowest BCUT2D eigenvalue weighted by Crippen LogP contribution is -2.12. The summed E-state index contributed by atoms with van der Waals surface area (Å²) in [5, 5.41) is 7.48. The van der Waals surface area contributed by atoms with E-state index in [1.807, 2.05) is 42.9 Å². The molecule has 0 aliphatic rings. The van der Waals surface area contributed by atoms with Gasteiger partial charge in [0.1, 0.15) is 5.75 Å². The van der Waals surface area contributed by atoms with Gasteiger partial charge in [-0.15, -0.1) is 0 Å². The largest absolute Gasteiger partial charge is 0.489 e. The second-order valence-corrected chi connectivity index (χ2v) is 6.57. The number of nitrogens with zero attached hydrogens (tertiary/aromatic N) is 2. The highest BCUT2D eigenvalue weighted by Crippen LogP contribution is 2.28. The van der Waals surface area contributed by atoms with Crippen molar-refractivity contribution in [2.75, 3.05) is 5.32 Å². The zero-order valence-electron chi connectivity index (χ0n) is 14.6. The van der Waals surface area contributed by atoms with Crippen LogP contribution in [0.5, 0.6) is 5.75 Å². The number of anilines is 1. The monoisotopic (exact) mass is 369 g/mol. The minimum atomic E-state index is -0.191. The van der Waals surface area contributed by atoms with E-state index in [1.165, 1.54) is 0 Å². The Balaban J connectivity index is 1.65. The quantitative estimate of drug-likeness (QED) is 0.689. The highest BCUT2D eigenvalue weighted by molar-refractivity contribution is 6.32. The van der Waals surface area contributed by atoms with Crippen LogP contribution in [0.15, 0.2) is 60.9 Å². The number of benzene rings is 2. The first-order chi connectivity index (χ1) is 12.5. The number of hydrogen-bond donors (Lipinski definition) is 1. The third kappa shape index (κ3) is 4.64. The van der Waals surface area contributed by atoms with Crippen molar-refractivity contribution in [3.63, 3.8) is 0 Å². The van der Waals surface area contributed by atoms with Crippen LogP contribution in [-0.2, 0) is 6.54 Å². The van der Waals surface area contributed by atoms with Gasteiger partial charge in [0, 0.05) is 23.6 Å². The van der Waals surface area contributed by atoms with Crippen molar-refractivity contribution >= 4 is 23.2 Å². The molecule has 5 nitrogen and oxygen atoms in total. The number of rotatable bonds is 6. The summed E-state index contributed by atoms with van der Waals surface area (Å²) in [6.45, 7) is 4.53. The Morgan fingerprint density at radius 2 is 2.00 bits per heavy atom. The Morgan fingerprint density at radius 3 is 2.62 bits per heavy atom. The average Bonchev–Trinajstić information content (AvgIpc) is 3.10. The molecule has 0 radical (unpaired) electrons. The summed E-state index contributed by atoms with van der Waals surface area (Å²) in [5.41, 5.74) is 2.27. The molecule has 3 aromatic rings. The first-order valence-electron chi connectivity index (χ1n) is 8.35. The fraction of sp³-hybridized carbons (Fsp3) is 0.200. The zero-order chi connectivity index (χ0) is 18.5. The standard InChI is InChI=1S/C20H20ClN3O2/c1-14(2)26-19-9-8-17(12-18(19)21)23-20(25)16-6-4-15(5-7-16)13-24-11-3-10-22-24/h3-12,14H,13H2,1-2H3,(H,23,25). The average molecular weight is 370 g/mol. The Hall–Kier alpha value is -2.79. The predicted octanol–water partition coefficient (Wildman–Crippen LogP) is 4.62. The molecule has 1 aromatic heterocycles. The number of amides is 1. The van der Waals surface area contributed by atoms with Gasteiger partial charge in [-0.3, -0.25) is 9.48 Å². The number of nitrogens with one attached hydrogen (secondary N) is 1. The molecule has 6 heteroatoms. The highest BCUT2D eigenvalue weighted by atomic mass is 35.5. The topological polar surface area (TPSA) is 56.1 Å². The first kappa shape index (κ1) is 18.0. The summed E-state index contributed by atoms with van der Waals surface area (Å²) in [4.78, 5) is 12.4. The van der Waals surface area contributed by atoms with E-state index in [0.29, 0.717) is 28.6 Å². The van der Waals surface area contributed by atoms with Gasteiger partial charge in [0.2, 0.25) is 0 Å². The fourth-order valence-corrected chi connectivity index (χ4v) is 2.70. The SMILES string of the molecule is CC(C)Oc1ccc(NC(=O)c2ccc(Cn3cccn3)cc2)cc1Cl. The van der Waals surface area contributed by atoms with Crippen LogP contribution in [0, 0.1) is 0 Å². The van der Waals surface area contributed by atoms with E-state index < -0.39 is 0 Å². The summed E-state index contributed by atoms with van der Waals surface area (Å²) >= 11 is 6.21. The maximum Gasteiger partial charge on any atom is 0.255 e. The van der Waals surface area contributed by atoms with Gasteiger partial charge in [0.25, 0.3) is 5.91 Å². The van der Waals surface area contributed by atoms with Crippen LogP contribution in [0.25, 0.3) is 0 Å². The summed E-state index contributed by atoms with van der Waals surface area (Å²) < 4.78 is 7.43. The van der Waals surface area contributed by atoms with Crippen molar-refractivity contribution in [3.8, 4) is 5.75 Å². The van der Waals surface area contributed by atoms with Gasteiger partial charge in [0.05, 0.1) is 17.7 Å². The van der Waals surface area contributed by atoms with Crippen LogP contribution in [0.2, 0.25) is 5.02 Å². The molecule has 134 valence electrons. The van der Waals surface area contributed by atoms with Crippen LogP contribution < -0.4 is 10.1 Å². The van der Waals surface area contributed by atoms with Crippen LogP contribution >= 0.6 is 11.6 Å². The van der Waals surface area contributed by atoms with Gasteiger partial charge in [-0.1, -0.05) is 23.7 Å². The lowest BCUT2D eigenvalue weighted by molar-refractivity contribution is 0.102. The van der Waals surface area contributed by atoms with E-state index in [1.54, 1.807) is 36.5 Å². The zero-order valence-corrected chi connectivity index (χ0v) is 15.4. The Morgan fingerprint density at radius 1 is 1.23 bits per heavy atom. The normalized spacial score (nSPS) is 10.8. The van der Waals surface area contributed by atoms with E-state index in [-0.39, 0.29) is 12.0 Å². The second kappa shape index (κ2) is 8.06. The van der Waals surface area contributed by atoms with Crippen molar-refractivity contribution in [2.24, 2.45) is 0 Å². The summed E-state index contributed by atoms with van der Waals surface area (Å²) in [7, 11) is 0. The summed E-state index contributed by atoms with van der Waals surface area (Å²) in [5.74, 6) is 0.409. The number of carbonyl (C=O) groups is 1. The number of aromatic nitrogens is 2. The number of carbonyl (C=O) groups excluding carboxylic acids is 1. The molecule has 2 aromatic carbocycles. The van der Waals surface area contributed by atoms with E-state index in [2.05, 4.69) is 10.4 Å². The maximum absolute atomic E-state index is 12.4. The van der Waals surface area contributed by atoms with Crippen molar-refractivity contribution in [3.05, 3.63) is 77.1 Å². The number of ether oxygens (including phenoxy) is 1. The molecule has 0 aliphatic carbocycles. The molecule has 1 N–H and O–H groups in total. The molecule has 26 heavy (non-hydrogen) atoms. The molecule has 1 heterocycles. The highest BCUT2D eigenvalue weighted by Gasteiger charge is 2.09. The number of halogens is 1. The molecule has 0 aliphatic heterocycles. The molecule has 0 bridgehead atoms. The van der Waals surface area contributed by atoms with Gasteiger partial charge in [-0.2, -0.15) is 5.10 Å². The van der Waals surface area contributed by atoms with E-state index >= 15 is 0 Å². The third-order valence-corrected chi connectivity index (χ3v) is 3.97. The van der Waals surface area contributed by atoms with E-state index in [9.17, 15) is 4.79 Å². The number of hydrogen-bond acceptors (Lipinski definition) is 3.